The molecule has 1 rings (SSSR count). The number of carbonyl (C=O) groups excluding carboxylic acids is 1. The number of urea groups is 1. The van der Waals surface area contributed by atoms with E-state index in [0.29, 0.717) is 11.1 Å². The number of carbonyl (C=O) groups is 1. The van der Waals surface area contributed by atoms with Crippen LogP contribution in [0.3, 0.4) is 0 Å². The molecule has 2 amide bonds. The van der Waals surface area contributed by atoms with Crippen LogP contribution in [0.5, 0.6) is 0 Å². The maximum atomic E-state index is 11.4. The molecule has 0 aromatic heterocycles. The first kappa shape index (κ1) is 14.9. The molecule has 0 saturated heterocycles. The lowest BCUT2D eigenvalue weighted by molar-refractivity contribution is -0.385. The molecule has 0 aliphatic heterocycles. The number of nitrogens with zero attached hydrogens (tertiary/aromatic N) is 1. The maximum Gasteiger partial charge on any atom is 0.315 e. The minimum Gasteiger partial charge on any atom is -0.392 e. The van der Waals surface area contributed by atoms with Crippen LogP contribution in [-0.2, 0) is 6.54 Å². The summed E-state index contributed by atoms with van der Waals surface area (Å²) in [5.41, 5.74) is 1.24. The average Bonchev–Trinajstić information content (AvgIpc) is 2.34. The molecule has 7 heteroatoms. The Balaban J connectivity index is 2.61. The van der Waals surface area contributed by atoms with E-state index in [4.69, 9.17) is 5.11 Å². The van der Waals surface area contributed by atoms with E-state index in [1.54, 1.807) is 26.0 Å². The lowest BCUT2D eigenvalue weighted by atomic mass is 10.1. The Morgan fingerprint density at radius 3 is 2.74 bits per heavy atom. The van der Waals surface area contributed by atoms with Crippen molar-refractivity contribution in [2.24, 2.45) is 0 Å². The average molecular weight is 267 g/mol. The first-order valence-corrected chi connectivity index (χ1v) is 5.84. The van der Waals surface area contributed by atoms with Crippen LogP contribution in [0.2, 0.25) is 0 Å². The van der Waals surface area contributed by atoms with Crippen molar-refractivity contribution in [2.75, 3.05) is 6.54 Å². The third kappa shape index (κ3) is 4.55. The van der Waals surface area contributed by atoms with Crippen LogP contribution in [0.4, 0.5) is 10.5 Å². The van der Waals surface area contributed by atoms with Crippen molar-refractivity contribution in [3.8, 4) is 0 Å². The maximum absolute atomic E-state index is 11.4. The molecule has 3 N–H and O–H groups in total. The summed E-state index contributed by atoms with van der Waals surface area (Å²) in [7, 11) is 0. The minimum absolute atomic E-state index is 0.0312. The molecular weight excluding hydrogens is 250 g/mol. The molecule has 0 aliphatic carbocycles. The van der Waals surface area contributed by atoms with E-state index in [-0.39, 0.29) is 18.8 Å². The summed E-state index contributed by atoms with van der Waals surface area (Å²) in [6.07, 6.45) is -0.620. The van der Waals surface area contributed by atoms with Gasteiger partial charge in [-0.1, -0.05) is 12.1 Å². The van der Waals surface area contributed by atoms with Crippen molar-refractivity contribution in [3.05, 3.63) is 39.4 Å². The monoisotopic (exact) mass is 267 g/mol. The SMILES string of the molecule is Cc1c(CNC(=O)NC[C@@H](C)O)cccc1[N+](=O)[O-]. The van der Waals surface area contributed by atoms with Crippen molar-refractivity contribution >= 4 is 11.7 Å². The van der Waals surface area contributed by atoms with Gasteiger partial charge in [0, 0.05) is 24.7 Å². The van der Waals surface area contributed by atoms with Gasteiger partial charge in [0.1, 0.15) is 0 Å². The van der Waals surface area contributed by atoms with Crippen molar-refractivity contribution < 1.29 is 14.8 Å². The predicted molar refractivity (Wildman–Crippen MR) is 69.8 cm³/mol. The molecule has 1 aromatic carbocycles. The topological polar surface area (TPSA) is 104 Å². The fourth-order valence-electron chi connectivity index (χ4n) is 1.54. The Bertz CT molecular complexity index is 474. The van der Waals surface area contributed by atoms with Crippen molar-refractivity contribution in [2.45, 2.75) is 26.5 Å². The number of nitro benzene ring substituents is 1. The summed E-state index contributed by atoms with van der Waals surface area (Å²) in [5, 5.41) is 24.8. The molecule has 104 valence electrons. The summed E-state index contributed by atoms with van der Waals surface area (Å²) in [5.74, 6) is 0. The second-order valence-corrected chi connectivity index (χ2v) is 4.23. The van der Waals surface area contributed by atoms with E-state index < -0.39 is 17.1 Å². The smallest absolute Gasteiger partial charge is 0.315 e. The number of nitrogens with one attached hydrogen (secondary N) is 2. The van der Waals surface area contributed by atoms with Gasteiger partial charge in [-0.05, 0) is 19.4 Å². The fourth-order valence-corrected chi connectivity index (χ4v) is 1.54. The number of amides is 2. The van der Waals surface area contributed by atoms with Crippen LogP contribution in [0, 0.1) is 17.0 Å². The third-order valence-electron chi connectivity index (χ3n) is 2.61. The molecule has 0 radical (unpaired) electrons. The molecule has 0 spiro atoms. The fraction of sp³-hybridized carbons (Fsp3) is 0.417. The van der Waals surface area contributed by atoms with Gasteiger partial charge in [-0.2, -0.15) is 0 Å². The molecule has 0 heterocycles. The van der Waals surface area contributed by atoms with E-state index in [0.717, 1.165) is 0 Å². The molecule has 0 unspecified atom stereocenters. The number of hydrogen-bond acceptors (Lipinski definition) is 4. The Labute approximate surface area is 110 Å². The zero-order chi connectivity index (χ0) is 14.4. The van der Waals surface area contributed by atoms with Gasteiger partial charge in [-0.15, -0.1) is 0 Å². The quantitative estimate of drug-likeness (QED) is 0.548. The standard InChI is InChI=1S/C12H17N3O4/c1-8(16)6-13-12(17)14-7-10-4-3-5-11(9(10)2)15(18)19/h3-5,8,16H,6-7H2,1-2H3,(H2,13,14,17)/t8-/m1/s1. The van der Waals surface area contributed by atoms with E-state index in [9.17, 15) is 14.9 Å². The van der Waals surface area contributed by atoms with Crippen LogP contribution in [0.15, 0.2) is 18.2 Å². The Hall–Kier alpha value is -2.15. The lowest BCUT2D eigenvalue weighted by Gasteiger charge is -2.10. The first-order chi connectivity index (χ1) is 8.91. The highest BCUT2D eigenvalue weighted by molar-refractivity contribution is 5.73. The number of aliphatic hydroxyl groups excluding tert-OH is 1. The van der Waals surface area contributed by atoms with Crippen LogP contribution in [0.25, 0.3) is 0 Å². The molecule has 0 aliphatic rings. The number of benzene rings is 1. The van der Waals surface area contributed by atoms with Gasteiger partial charge in [0.25, 0.3) is 5.69 Å². The van der Waals surface area contributed by atoms with Gasteiger partial charge in [0.15, 0.2) is 0 Å². The number of aliphatic hydroxyl groups is 1. The summed E-state index contributed by atoms with van der Waals surface area (Å²) >= 11 is 0. The first-order valence-electron chi connectivity index (χ1n) is 5.84. The van der Waals surface area contributed by atoms with E-state index in [1.165, 1.54) is 6.07 Å². The van der Waals surface area contributed by atoms with E-state index in [1.807, 2.05) is 0 Å². The minimum atomic E-state index is -0.620. The zero-order valence-corrected chi connectivity index (χ0v) is 10.8. The molecule has 0 bridgehead atoms. The van der Waals surface area contributed by atoms with Crippen molar-refractivity contribution in [3.63, 3.8) is 0 Å². The largest absolute Gasteiger partial charge is 0.392 e. The molecule has 1 atom stereocenters. The number of hydrogen-bond donors (Lipinski definition) is 3. The van der Waals surface area contributed by atoms with Gasteiger partial charge < -0.3 is 15.7 Å². The molecule has 19 heavy (non-hydrogen) atoms. The number of nitro groups is 1. The van der Waals surface area contributed by atoms with Crippen molar-refractivity contribution in [1.29, 1.82) is 0 Å². The van der Waals surface area contributed by atoms with Gasteiger partial charge in [0.2, 0.25) is 0 Å². The highest BCUT2D eigenvalue weighted by atomic mass is 16.6. The zero-order valence-electron chi connectivity index (χ0n) is 10.8. The summed E-state index contributed by atoms with van der Waals surface area (Å²) in [6.45, 7) is 3.55. The number of rotatable bonds is 5. The molecule has 7 nitrogen and oxygen atoms in total. The van der Waals surface area contributed by atoms with E-state index >= 15 is 0 Å². The molecular formula is C12H17N3O4. The summed E-state index contributed by atoms with van der Waals surface area (Å²) in [6, 6.07) is 4.30. The molecule has 0 fully saturated rings. The van der Waals surface area contributed by atoms with E-state index in [2.05, 4.69) is 10.6 Å². The lowest BCUT2D eigenvalue weighted by Crippen LogP contribution is -2.38. The van der Waals surface area contributed by atoms with Crippen LogP contribution >= 0.6 is 0 Å². The second-order valence-electron chi connectivity index (χ2n) is 4.23. The molecule has 0 saturated carbocycles. The highest BCUT2D eigenvalue weighted by Gasteiger charge is 2.13. The Morgan fingerprint density at radius 2 is 2.16 bits per heavy atom. The van der Waals surface area contributed by atoms with Gasteiger partial charge in [-0.3, -0.25) is 10.1 Å². The highest BCUT2D eigenvalue weighted by Crippen LogP contribution is 2.20. The van der Waals surface area contributed by atoms with Gasteiger partial charge in [-0.25, -0.2) is 4.79 Å². The predicted octanol–water partition coefficient (Wildman–Crippen LogP) is 1.08. The van der Waals surface area contributed by atoms with Crippen molar-refractivity contribution in [1.82, 2.24) is 10.6 Å². The Morgan fingerprint density at radius 1 is 1.47 bits per heavy atom. The normalized spacial score (nSPS) is 11.7. The molecule has 1 aromatic rings. The van der Waals surface area contributed by atoms with Crippen LogP contribution < -0.4 is 10.6 Å². The van der Waals surface area contributed by atoms with Crippen LogP contribution in [0.1, 0.15) is 18.1 Å². The van der Waals surface area contributed by atoms with Gasteiger partial charge in [0.05, 0.1) is 11.0 Å². The summed E-state index contributed by atoms with van der Waals surface area (Å²) in [4.78, 5) is 21.7. The second kappa shape index (κ2) is 6.69. The third-order valence-corrected chi connectivity index (χ3v) is 2.61. The Kier molecular flexibility index (Phi) is 5.25. The van der Waals surface area contributed by atoms with Crippen LogP contribution in [-0.4, -0.2) is 28.7 Å². The summed E-state index contributed by atoms with van der Waals surface area (Å²) < 4.78 is 0. The van der Waals surface area contributed by atoms with Gasteiger partial charge >= 0.3 is 6.03 Å².